The van der Waals surface area contributed by atoms with Crippen LogP contribution in [-0.4, -0.2) is 37.0 Å². The Labute approximate surface area is 194 Å². The van der Waals surface area contributed by atoms with Gasteiger partial charge in [-0.05, 0) is 49.8 Å². The summed E-state index contributed by atoms with van der Waals surface area (Å²) in [6.07, 6.45) is 1.87. The molecule has 7 nitrogen and oxygen atoms in total. The molecule has 32 heavy (non-hydrogen) atoms. The van der Waals surface area contributed by atoms with Crippen LogP contribution in [0, 0.1) is 6.92 Å². The second kappa shape index (κ2) is 8.74. The summed E-state index contributed by atoms with van der Waals surface area (Å²) in [6, 6.07) is 12.0. The minimum atomic E-state index is -1.44. The van der Waals surface area contributed by atoms with Crippen LogP contribution in [0.2, 0.25) is 0 Å². The Balaban J connectivity index is 1.56. The molecule has 3 aromatic heterocycles. The summed E-state index contributed by atoms with van der Waals surface area (Å²) in [7, 11) is 0. The molecule has 0 bridgehead atoms. The van der Waals surface area contributed by atoms with Gasteiger partial charge in [0.2, 0.25) is 5.95 Å². The Kier molecular flexibility index (Phi) is 5.81. The van der Waals surface area contributed by atoms with E-state index < -0.39 is 11.8 Å². The number of benzene rings is 1. The molecule has 1 aromatic carbocycles. The van der Waals surface area contributed by atoms with Gasteiger partial charge in [0.05, 0.1) is 28.0 Å². The summed E-state index contributed by atoms with van der Waals surface area (Å²) < 4.78 is 1.07. The summed E-state index contributed by atoms with van der Waals surface area (Å²) in [6.45, 7) is 2.54. The van der Waals surface area contributed by atoms with Crippen LogP contribution < -0.4 is 10.6 Å². The quantitative estimate of drug-likeness (QED) is 0.303. The van der Waals surface area contributed by atoms with Crippen LogP contribution in [0.15, 0.2) is 41.8 Å². The number of hydrogen-bond acceptors (Lipinski definition) is 9. The van der Waals surface area contributed by atoms with Gasteiger partial charge in [-0.3, -0.25) is 0 Å². The molecule has 0 spiro atoms. The molecule has 1 saturated carbocycles. The van der Waals surface area contributed by atoms with Crippen molar-refractivity contribution in [1.82, 2.24) is 15.0 Å². The molecule has 0 aliphatic heterocycles. The molecule has 4 N–H and O–H groups in total. The van der Waals surface area contributed by atoms with Crippen LogP contribution in [-0.2, 0) is 6.54 Å². The molecule has 1 fully saturated rings. The van der Waals surface area contributed by atoms with E-state index in [4.69, 9.17) is 9.97 Å². The normalized spacial score (nSPS) is 21.0. The van der Waals surface area contributed by atoms with Crippen LogP contribution in [0.1, 0.15) is 36.3 Å². The van der Waals surface area contributed by atoms with E-state index in [1.807, 2.05) is 42.6 Å². The number of thiazole rings is 1. The van der Waals surface area contributed by atoms with E-state index in [2.05, 4.69) is 21.7 Å². The molecule has 0 radical (unpaired) electrons. The van der Waals surface area contributed by atoms with Crippen molar-refractivity contribution in [3.8, 4) is 10.6 Å². The van der Waals surface area contributed by atoms with Crippen LogP contribution in [0.5, 0.6) is 0 Å². The second-order valence-electron chi connectivity index (χ2n) is 8.09. The highest BCUT2D eigenvalue weighted by Crippen LogP contribution is 2.38. The fourth-order valence-electron chi connectivity index (χ4n) is 4.05. The van der Waals surface area contributed by atoms with Crippen LogP contribution in [0.3, 0.4) is 0 Å². The topological polar surface area (TPSA) is 103 Å². The van der Waals surface area contributed by atoms with Gasteiger partial charge in [-0.2, -0.15) is 4.98 Å². The fraction of sp³-hybridized carbons (Fsp3) is 0.348. The zero-order chi connectivity index (χ0) is 22.1. The Morgan fingerprint density at radius 3 is 2.78 bits per heavy atom. The van der Waals surface area contributed by atoms with Gasteiger partial charge < -0.3 is 20.8 Å². The Bertz CT molecular complexity index is 1190. The largest absolute Gasteiger partial charge is 0.388 e. The van der Waals surface area contributed by atoms with Gasteiger partial charge in [0, 0.05) is 4.88 Å². The van der Waals surface area contributed by atoms with Gasteiger partial charge in [-0.1, -0.05) is 24.6 Å². The molecule has 2 atom stereocenters. The molecule has 5 rings (SSSR count). The molecular weight excluding hydrogens is 442 g/mol. The number of aromatic nitrogens is 3. The monoisotopic (exact) mass is 467 g/mol. The highest BCUT2D eigenvalue weighted by molar-refractivity contribution is 7.21. The lowest BCUT2D eigenvalue weighted by Gasteiger charge is -2.38. The van der Waals surface area contributed by atoms with Crippen molar-refractivity contribution in [2.75, 3.05) is 10.6 Å². The predicted molar refractivity (Wildman–Crippen MR) is 130 cm³/mol. The number of aryl methyl sites for hydroxylation is 1. The highest BCUT2D eigenvalue weighted by Gasteiger charge is 2.39. The molecule has 166 valence electrons. The van der Waals surface area contributed by atoms with Gasteiger partial charge in [0.1, 0.15) is 16.9 Å². The number of fused-ring (bicyclic) bond motifs is 1. The first-order valence-electron chi connectivity index (χ1n) is 10.7. The third kappa shape index (κ3) is 4.21. The number of aliphatic hydroxyl groups excluding tert-OH is 1. The van der Waals surface area contributed by atoms with Crippen molar-refractivity contribution < 1.29 is 10.2 Å². The van der Waals surface area contributed by atoms with Crippen molar-refractivity contribution in [3.05, 3.63) is 52.3 Å². The van der Waals surface area contributed by atoms with Crippen LogP contribution in [0.25, 0.3) is 20.8 Å². The summed E-state index contributed by atoms with van der Waals surface area (Å²) in [5, 5.41) is 31.0. The second-order valence-corrected chi connectivity index (χ2v) is 10.1. The standard InChI is InChI=1S/C23H25N5O2S2/c1-14-19(21-26-16-8-2-3-9-17(16)32-21)20(28-23(30)11-5-4-10-18(23)29)27-22(25-14)24-13-15-7-6-12-31-15/h2-3,6-9,12,18,29-30H,4-5,10-11,13H2,1H3,(H2,24,25,27,28). The van der Waals surface area contributed by atoms with Gasteiger partial charge in [0.15, 0.2) is 5.72 Å². The van der Waals surface area contributed by atoms with Crippen molar-refractivity contribution in [3.63, 3.8) is 0 Å². The van der Waals surface area contributed by atoms with Crippen molar-refractivity contribution in [1.29, 1.82) is 0 Å². The maximum atomic E-state index is 11.2. The molecule has 2 unspecified atom stereocenters. The molecule has 4 aromatic rings. The minimum absolute atomic E-state index is 0.453. The SMILES string of the molecule is Cc1nc(NCc2cccs2)nc(NC2(O)CCCCC2O)c1-c1nc2ccccc2s1. The zero-order valence-corrected chi connectivity index (χ0v) is 19.3. The number of thiophene rings is 1. The Morgan fingerprint density at radius 1 is 1.12 bits per heavy atom. The fourth-order valence-corrected chi connectivity index (χ4v) is 5.75. The Hall–Kier alpha value is -2.59. The number of nitrogens with zero attached hydrogens (tertiary/aromatic N) is 3. The average molecular weight is 468 g/mol. The number of rotatable bonds is 6. The third-order valence-corrected chi connectivity index (χ3v) is 7.70. The van der Waals surface area contributed by atoms with E-state index in [-0.39, 0.29) is 0 Å². The number of hydrogen-bond donors (Lipinski definition) is 4. The lowest BCUT2D eigenvalue weighted by atomic mass is 9.89. The van der Waals surface area contributed by atoms with Crippen molar-refractivity contribution in [2.24, 2.45) is 0 Å². The third-order valence-electron chi connectivity index (χ3n) is 5.77. The van der Waals surface area contributed by atoms with E-state index in [0.29, 0.717) is 31.2 Å². The van der Waals surface area contributed by atoms with Crippen molar-refractivity contribution in [2.45, 2.75) is 51.0 Å². The van der Waals surface area contributed by atoms with E-state index >= 15 is 0 Å². The highest BCUT2D eigenvalue weighted by atomic mass is 32.1. The summed E-state index contributed by atoms with van der Waals surface area (Å²) in [5.74, 6) is 0.950. The lowest BCUT2D eigenvalue weighted by molar-refractivity contribution is -0.0796. The number of anilines is 2. The van der Waals surface area contributed by atoms with Gasteiger partial charge in [-0.25, -0.2) is 9.97 Å². The number of aliphatic hydroxyl groups is 2. The van der Waals surface area contributed by atoms with E-state index in [0.717, 1.165) is 39.3 Å². The van der Waals surface area contributed by atoms with Gasteiger partial charge >= 0.3 is 0 Å². The maximum absolute atomic E-state index is 11.2. The van der Waals surface area contributed by atoms with Crippen LogP contribution in [0.4, 0.5) is 11.8 Å². The van der Waals surface area contributed by atoms with E-state index in [1.165, 1.54) is 4.88 Å². The first-order chi connectivity index (χ1) is 15.5. The molecule has 9 heteroatoms. The molecule has 1 aliphatic carbocycles. The lowest BCUT2D eigenvalue weighted by Crippen LogP contribution is -2.51. The maximum Gasteiger partial charge on any atom is 0.225 e. The molecular formula is C23H25N5O2S2. The van der Waals surface area contributed by atoms with Gasteiger partial charge in [0.25, 0.3) is 0 Å². The van der Waals surface area contributed by atoms with E-state index in [9.17, 15) is 10.2 Å². The smallest absolute Gasteiger partial charge is 0.225 e. The number of nitrogens with one attached hydrogen (secondary N) is 2. The van der Waals surface area contributed by atoms with E-state index in [1.54, 1.807) is 22.7 Å². The predicted octanol–water partition coefficient (Wildman–Crippen LogP) is 4.77. The molecule has 1 aliphatic rings. The minimum Gasteiger partial charge on any atom is -0.388 e. The first-order valence-corrected chi connectivity index (χ1v) is 12.4. The first kappa shape index (κ1) is 21.3. The molecule has 0 amide bonds. The van der Waals surface area contributed by atoms with Gasteiger partial charge in [-0.15, -0.1) is 22.7 Å². The number of para-hydroxylation sites is 1. The summed E-state index contributed by atoms with van der Waals surface area (Å²) in [4.78, 5) is 15.4. The molecule has 0 saturated heterocycles. The van der Waals surface area contributed by atoms with Crippen molar-refractivity contribution >= 4 is 44.7 Å². The zero-order valence-electron chi connectivity index (χ0n) is 17.7. The van der Waals surface area contributed by atoms with Crippen LogP contribution >= 0.6 is 22.7 Å². The average Bonchev–Trinajstić information content (AvgIpc) is 3.44. The Morgan fingerprint density at radius 2 is 2.00 bits per heavy atom. The summed E-state index contributed by atoms with van der Waals surface area (Å²) >= 11 is 3.23. The summed E-state index contributed by atoms with van der Waals surface area (Å²) in [5.41, 5.74) is 0.979. The molecule has 3 heterocycles.